The lowest BCUT2D eigenvalue weighted by molar-refractivity contribution is 0.190. The number of hydrogen-bond acceptors (Lipinski definition) is 3. The van der Waals surface area contributed by atoms with E-state index in [0.29, 0.717) is 0 Å². The summed E-state index contributed by atoms with van der Waals surface area (Å²) in [6.07, 6.45) is 2.41. The maximum atomic E-state index is 10.7. The Labute approximate surface area is 129 Å². The highest BCUT2D eigenvalue weighted by molar-refractivity contribution is 5.64. The monoisotopic (exact) mass is 300 g/mol. The molecule has 2 atom stereocenters. The number of amides is 1. The van der Waals surface area contributed by atoms with Gasteiger partial charge in [0.05, 0.1) is 0 Å². The fraction of sp³-hybridized carbons (Fsp3) is 0.438. The van der Waals surface area contributed by atoms with E-state index in [0.717, 1.165) is 37.3 Å². The maximum absolute atomic E-state index is 10.7. The van der Waals surface area contributed by atoms with Gasteiger partial charge in [-0.2, -0.15) is 0 Å². The van der Waals surface area contributed by atoms with Crippen molar-refractivity contribution in [1.82, 2.24) is 20.1 Å². The molecule has 6 heteroatoms. The number of aromatic nitrogens is 3. The summed E-state index contributed by atoms with van der Waals surface area (Å²) >= 11 is 0. The zero-order chi connectivity index (χ0) is 15.5. The molecule has 1 saturated carbocycles. The third kappa shape index (κ3) is 3.10. The number of rotatable bonds is 4. The SMILES string of the molecule is Cn1c(Cc2ccccc2)nnc1[C@@H]1CC[C@H](NC(=O)O)C1. The summed E-state index contributed by atoms with van der Waals surface area (Å²) < 4.78 is 2.06. The number of nitrogens with zero attached hydrogens (tertiary/aromatic N) is 3. The summed E-state index contributed by atoms with van der Waals surface area (Å²) in [6, 6.07) is 10.2. The lowest BCUT2D eigenvalue weighted by Gasteiger charge is -2.11. The maximum Gasteiger partial charge on any atom is 0.404 e. The molecule has 0 saturated heterocycles. The lowest BCUT2D eigenvalue weighted by atomic mass is 10.1. The van der Waals surface area contributed by atoms with Crippen molar-refractivity contribution in [2.45, 2.75) is 37.6 Å². The molecule has 2 N–H and O–H groups in total. The van der Waals surface area contributed by atoms with Crippen LogP contribution >= 0.6 is 0 Å². The van der Waals surface area contributed by atoms with Gasteiger partial charge in [0.15, 0.2) is 0 Å². The Morgan fingerprint density at radius 2 is 2.09 bits per heavy atom. The highest BCUT2D eigenvalue weighted by atomic mass is 16.4. The number of benzene rings is 1. The first-order valence-corrected chi connectivity index (χ1v) is 7.55. The number of hydrogen-bond donors (Lipinski definition) is 2. The molecule has 2 aromatic rings. The Balaban J connectivity index is 1.70. The zero-order valence-corrected chi connectivity index (χ0v) is 12.6. The molecule has 1 aliphatic rings. The summed E-state index contributed by atoms with van der Waals surface area (Å²) in [5.41, 5.74) is 1.21. The van der Waals surface area contributed by atoms with E-state index < -0.39 is 6.09 Å². The normalized spacial score (nSPS) is 21.0. The van der Waals surface area contributed by atoms with Crippen LogP contribution in [-0.2, 0) is 13.5 Å². The van der Waals surface area contributed by atoms with E-state index in [1.807, 2.05) is 25.2 Å². The van der Waals surface area contributed by atoms with Crippen molar-refractivity contribution < 1.29 is 9.90 Å². The molecule has 1 fully saturated rings. The Kier molecular flexibility index (Phi) is 4.09. The van der Waals surface area contributed by atoms with Gasteiger partial charge in [-0.25, -0.2) is 4.79 Å². The fourth-order valence-corrected chi connectivity index (χ4v) is 3.18. The zero-order valence-electron chi connectivity index (χ0n) is 12.6. The molecule has 0 aliphatic heterocycles. The van der Waals surface area contributed by atoms with E-state index >= 15 is 0 Å². The molecular weight excluding hydrogens is 280 g/mol. The fourth-order valence-electron chi connectivity index (χ4n) is 3.18. The van der Waals surface area contributed by atoms with Crippen LogP contribution in [0.3, 0.4) is 0 Å². The van der Waals surface area contributed by atoms with Gasteiger partial charge in [-0.1, -0.05) is 30.3 Å². The molecule has 1 amide bonds. The van der Waals surface area contributed by atoms with Gasteiger partial charge in [-0.05, 0) is 24.8 Å². The lowest BCUT2D eigenvalue weighted by Crippen LogP contribution is -2.31. The second-order valence-electron chi connectivity index (χ2n) is 5.85. The van der Waals surface area contributed by atoms with Crippen LogP contribution in [0.25, 0.3) is 0 Å². The predicted molar refractivity (Wildman–Crippen MR) is 81.8 cm³/mol. The van der Waals surface area contributed by atoms with E-state index in [9.17, 15) is 4.79 Å². The molecule has 22 heavy (non-hydrogen) atoms. The minimum atomic E-state index is -0.951. The summed E-state index contributed by atoms with van der Waals surface area (Å²) in [5.74, 6) is 2.18. The number of carboxylic acid groups (broad SMARTS) is 1. The third-order valence-electron chi connectivity index (χ3n) is 4.33. The predicted octanol–water partition coefficient (Wildman–Crippen LogP) is 2.31. The quantitative estimate of drug-likeness (QED) is 0.908. The Hall–Kier alpha value is -2.37. The van der Waals surface area contributed by atoms with Crippen LogP contribution in [0.4, 0.5) is 4.79 Å². The van der Waals surface area contributed by atoms with Gasteiger partial charge in [0.1, 0.15) is 11.6 Å². The molecule has 1 aliphatic carbocycles. The van der Waals surface area contributed by atoms with Gasteiger partial charge in [0, 0.05) is 25.4 Å². The van der Waals surface area contributed by atoms with Gasteiger partial charge >= 0.3 is 6.09 Å². The van der Waals surface area contributed by atoms with Gasteiger partial charge in [-0.15, -0.1) is 10.2 Å². The minimum absolute atomic E-state index is 0.0248. The van der Waals surface area contributed by atoms with Gasteiger partial charge in [0.2, 0.25) is 0 Å². The molecule has 1 heterocycles. The average Bonchev–Trinajstić information content (AvgIpc) is 3.07. The summed E-state index contributed by atoms with van der Waals surface area (Å²) in [5, 5.41) is 20.0. The van der Waals surface area contributed by atoms with Crippen molar-refractivity contribution in [3.63, 3.8) is 0 Å². The highest BCUT2D eigenvalue weighted by Crippen LogP contribution is 2.33. The van der Waals surface area contributed by atoms with E-state index in [4.69, 9.17) is 5.11 Å². The first kappa shape index (κ1) is 14.6. The summed E-state index contributed by atoms with van der Waals surface area (Å²) in [6.45, 7) is 0. The summed E-state index contributed by atoms with van der Waals surface area (Å²) in [4.78, 5) is 10.7. The van der Waals surface area contributed by atoms with E-state index in [2.05, 4.69) is 32.2 Å². The third-order valence-corrected chi connectivity index (χ3v) is 4.33. The molecule has 1 aromatic heterocycles. The van der Waals surface area contributed by atoms with Crippen molar-refractivity contribution in [3.8, 4) is 0 Å². The van der Waals surface area contributed by atoms with Crippen molar-refractivity contribution >= 4 is 6.09 Å². The van der Waals surface area contributed by atoms with Crippen molar-refractivity contribution in [2.75, 3.05) is 0 Å². The van der Waals surface area contributed by atoms with E-state index in [1.54, 1.807) is 0 Å². The Morgan fingerprint density at radius 3 is 2.82 bits per heavy atom. The van der Waals surface area contributed by atoms with E-state index in [-0.39, 0.29) is 12.0 Å². The Morgan fingerprint density at radius 1 is 1.32 bits per heavy atom. The van der Waals surface area contributed by atoms with Crippen LogP contribution in [0.2, 0.25) is 0 Å². The van der Waals surface area contributed by atoms with Crippen molar-refractivity contribution in [3.05, 3.63) is 47.5 Å². The first-order valence-electron chi connectivity index (χ1n) is 7.55. The summed E-state index contributed by atoms with van der Waals surface area (Å²) in [7, 11) is 1.99. The molecule has 0 unspecified atom stereocenters. The number of nitrogens with one attached hydrogen (secondary N) is 1. The average molecular weight is 300 g/mol. The first-order chi connectivity index (χ1) is 10.6. The van der Waals surface area contributed by atoms with Gasteiger partial charge in [-0.3, -0.25) is 0 Å². The molecule has 116 valence electrons. The van der Waals surface area contributed by atoms with Gasteiger partial charge < -0.3 is 15.0 Å². The second-order valence-corrected chi connectivity index (χ2v) is 5.85. The molecule has 3 rings (SSSR count). The standard InChI is InChI=1S/C16H20N4O2/c1-20-14(9-11-5-3-2-4-6-11)18-19-15(20)12-7-8-13(10-12)17-16(21)22/h2-6,12-13,17H,7-10H2,1H3,(H,21,22)/t12-,13+/m1/s1. The van der Waals surface area contributed by atoms with Crippen LogP contribution in [0.1, 0.15) is 42.4 Å². The molecular formula is C16H20N4O2. The van der Waals surface area contributed by atoms with Crippen LogP contribution in [0, 0.1) is 0 Å². The van der Waals surface area contributed by atoms with Crippen molar-refractivity contribution in [2.24, 2.45) is 7.05 Å². The van der Waals surface area contributed by atoms with Crippen LogP contribution < -0.4 is 5.32 Å². The molecule has 6 nitrogen and oxygen atoms in total. The second kappa shape index (κ2) is 6.17. The largest absolute Gasteiger partial charge is 0.465 e. The topological polar surface area (TPSA) is 80.0 Å². The van der Waals surface area contributed by atoms with Crippen LogP contribution in [0.15, 0.2) is 30.3 Å². The van der Waals surface area contributed by atoms with Crippen LogP contribution in [-0.4, -0.2) is 32.0 Å². The minimum Gasteiger partial charge on any atom is -0.465 e. The smallest absolute Gasteiger partial charge is 0.404 e. The highest BCUT2D eigenvalue weighted by Gasteiger charge is 2.30. The number of carbonyl (C=O) groups is 1. The molecule has 0 spiro atoms. The van der Waals surface area contributed by atoms with Crippen molar-refractivity contribution in [1.29, 1.82) is 0 Å². The van der Waals surface area contributed by atoms with Crippen LogP contribution in [0.5, 0.6) is 0 Å². The molecule has 0 radical (unpaired) electrons. The molecule has 0 bridgehead atoms. The van der Waals surface area contributed by atoms with E-state index in [1.165, 1.54) is 5.56 Å². The van der Waals surface area contributed by atoms with Gasteiger partial charge in [0.25, 0.3) is 0 Å². The Bertz CT molecular complexity index is 653. The molecule has 1 aromatic carbocycles.